The average Bonchev–Trinajstić information content (AvgIpc) is 3.22. The van der Waals surface area contributed by atoms with Crippen molar-refractivity contribution in [1.29, 1.82) is 0 Å². The molecular weight excluding hydrogens is 394 g/mol. The first-order valence-corrected chi connectivity index (χ1v) is 11.2. The number of aromatic nitrogens is 1. The van der Waals surface area contributed by atoms with Gasteiger partial charge < -0.3 is 10.2 Å². The molecule has 2 aromatic carbocycles. The molecule has 0 aliphatic carbocycles. The van der Waals surface area contributed by atoms with Crippen LogP contribution in [0.5, 0.6) is 0 Å². The van der Waals surface area contributed by atoms with Gasteiger partial charge in [-0.3, -0.25) is 9.59 Å². The highest BCUT2D eigenvalue weighted by atomic mass is 32.1. The molecule has 156 valence electrons. The molecule has 0 saturated carbocycles. The first-order valence-electron chi connectivity index (χ1n) is 10.4. The number of thiazole rings is 1. The zero-order chi connectivity index (χ0) is 21.3. The molecule has 1 N–H and O–H groups in total. The van der Waals surface area contributed by atoms with Gasteiger partial charge in [0.1, 0.15) is 0 Å². The van der Waals surface area contributed by atoms with Gasteiger partial charge in [-0.15, -0.1) is 11.3 Å². The molecule has 6 heteroatoms. The fraction of sp³-hybridized carbons (Fsp3) is 0.375. The van der Waals surface area contributed by atoms with Crippen molar-refractivity contribution in [3.8, 4) is 0 Å². The zero-order valence-electron chi connectivity index (χ0n) is 17.6. The summed E-state index contributed by atoms with van der Waals surface area (Å²) >= 11 is 1.45. The Kier molecular flexibility index (Phi) is 5.60. The molecule has 5 nitrogen and oxygen atoms in total. The predicted molar refractivity (Wildman–Crippen MR) is 122 cm³/mol. The van der Waals surface area contributed by atoms with Gasteiger partial charge in [-0.05, 0) is 29.7 Å². The van der Waals surface area contributed by atoms with E-state index in [2.05, 4.69) is 31.1 Å². The summed E-state index contributed by atoms with van der Waals surface area (Å²) < 4.78 is 0. The second kappa shape index (κ2) is 8.19. The van der Waals surface area contributed by atoms with Crippen LogP contribution in [0.15, 0.2) is 47.8 Å². The van der Waals surface area contributed by atoms with Gasteiger partial charge in [0, 0.05) is 29.4 Å². The first-order chi connectivity index (χ1) is 14.3. The Labute approximate surface area is 181 Å². The van der Waals surface area contributed by atoms with Gasteiger partial charge in [0.25, 0.3) is 5.91 Å². The third-order valence-electron chi connectivity index (χ3n) is 5.60. The lowest BCUT2D eigenvalue weighted by molar-refractivity contribution is -0.121. The van der Waals surface area contributed by atoms with Gasteiger partial charge in [-0.1, -0.05) is 57.2 Å². The van der Waals surface area contributed by atoms with Crippen molar-refractivity contribution in [2.75, 3.05) is 18.4 Å². The number of carbonyl (C=O) groups excluding carboxylic acids is 2. The molecule has 1 aliphatic rings. The van der Waals surface area contributed by atoms with Gasteiger partial charge >= 0.3 is 0 Å². The number of carbonyl (C=O) groups is 2. The normalized spacial score (nSPS) is 17.2. The lowest BCUT2D eigenvalue weighted by Crippen LogP contribution is -2.43. The van der Waals surface area contributed by atoms with Crippen LogP contribution in [-0.4, -0.2) is 34.8 Å². The summed E-state index contributed by atoms with van der Waals surface area (Å²) in [6.45, 7) is 7.42. The quantitative estimate of drug-likeness (QED) is 0.641. The summed E-state index contributed by atoms with van der Waals surface area (Å²) in [7, 11) is 0. The largest absolute Gasteiger partial charge is 0.338 e. The minimum atomic E-state index is -0.223. The van der Waals surface area contributed by atoms with E-state index in [9.17, 15) is 9.59 Å². The SMILES string of the molecule is CC(C)(C)c1csc(NC(=O)C2CCCN(C(=O)c3cccc4ccccc34)C2)n1. The Morgan fingerprint density at radius 1 is 1.13 bits per heavy atom. The summed E-state index contributed by atoms with van der Waals surface area (Å²) in [5.74, 6) is -0.284. The molecule has 30 heavy (non-hydrogen) atoms. The topological polar surface area (TPSA) is 62.3 Å². The van der Waals surface area contributed by atoms with Crippen molar-refractivity contribution in [2.45, 2.75) is 39.0 Å². The second-order valence-corrected chi connectivity index (χ2v) is 9.75. The molecule has 0 bridgehead atoms. The third kappa shape index (κ3) is 4.24. The molecule has 3 aromatic rings. The van der Waals surface area contributed by atoms with Gasteiger partial charge in [0.15, 0.2) is 5.13 Å². The van der Waals surface area contributed by atoms with Gasteiger partial charge in [-0.25, -0.2) is 4.98 Å². The van der Waals surface area contributed by atoms with Crippen LogP contribution < -0.4 is 5.32 Å². The number of hydrogen-bond donors (Lipinski definition) is 1. The van der Waals surface area contributed by atoms with Crippen LogP contribution in [0.4, 0.5) is 5.13 Å². The molecular formula is C24H27N3O2S. The van der Waals surface area contributed by atoms with Gasteiger partial charge in [-0.2, -0.15) is 0 Å². The number of amides is 2. The van der Waals surface area contributed by atoms with E-state index in [0.29, 0.717) is 23.8 Å². The molecule has 1 aliphatic heterocycles. The monoisotopic (exact) mass is 421 g/mol. The molecule has 2 heterocycles. The van der Waals surface area contributed by atoms with Crippen LogP contribution in [0.25, 0.3) is 10.8 Å². The highest BCUT2D eigenvalue weighted by Crippen LogP contribution is 2.28. The van der Waals surface area contributed by atoms with Crippen LogP contribution in [0.1, 0.15) is 49.7 Å². The van der Waals surface area contributed by atoms with Crippen molar-refractivity contribution in [3.63, 3.8) is 0 Å². The minimum absolute atomic E-state index is 0.00596. The van der Waals surface area contributed by atoms with Crippen molar-refractivity contribution in [1.82, 2.24) is 9.88 Å². The predicted octanol–water partition coefficient (Wildman–Crippen LogP) is 5.08. The smallest absolute Gasteiger partial charge is 0.254 e. The van der Waals surface area contributed by atoms with Crippen LogP contribution in [0.2, 0.25) is 0 Å². The van der Waals surface area contributed by atoms with Crippen molar-refractivity contribution >= 4 is 39.1 Å². The Morgan fingerprint density at radius 3 is 2.67 bits per heavy atom. The Morgan fingerprint density at radius 2 is 1.90 bits per heavy atom. The fourth-order valence-corrected chi connectivity index (χ4v) is 4.78. The molecule has 2 amide bonds. The van der Waals surface area contributed by atoms with Crippen LogP contribution >= 0.6 is 11.3 Å². The van der Waals surface area contributed by atoms with Crippen LogP contribution in [-0.2, 0) is 10.2 Å². The van der Waals surface area contributed by atoms with E-state index in [0.717, 1.165) is 29.3 Å². The molecule has 1 atom stereocenters. The van der Waals surface area contributed by atoms with Crippen LogP contribution in [0.3, 0.4) is 0 Å². The lowest BCUT2D eigenvalue weighted by atomic mass is 9.93. The summed E-state index contributed by atoms with van der Waals surface area (Å²) in [5.41, 5.74) is 1.62. The van der Waals surface area contributed by atoms with E-state index in [-0.39, 0.29) is 23.1 Å². The number of fused-ring (bicyclic) bond motifs is 1. The van der Waals surface area contributed by atoms with Crippen molar-refractivity contribution < 1.29 is 9.59 Å². The zero-order valence-corrected chi connectivity index (χ0v) is 18.5. The minimum Gasteiger partial charge on any atom is -0.338 e. The van der Waals surface area contributed by atoms with Gasteiger partial charge in [0.05, 0.1) is 11.6 Å². The van der Waals surface area contributed by atoms with E-state index >= 15 is 0 Å². The highest BCUT2D eigenvalue weighted by Gasteiger charge is 2.30. The second-order valence-electron chi connectivity index (χ2n) is 8.89. The van der Waals surface area contributed by atoms with Crippen molar-refractivity contribution in [3.05, 3.63) is 59.1 Å². The molecule has 4 rings (SSSR count). The number of likely N-dealkylation sites (tertiary alicyclic amines) is 1. The maximum atomic E-state index is 13.2. The standard InChI is InChI=1S/C24H27N3O2S/c1-24(2,3)20-15-30-23(25-20)26-21(28)17-10-7-13-27(14-17)22(29)19-12-6-9-16-8-4-5-11-18(16)19/h4-6,8-9,11-12,15,17H,7,10,13-14H2,1-3H3,(H,25,26,28). The Bertz CT molecular complexity index is 1080. The van der Waals surface area contributed by atoms with Gasteiger partial charge in [0.2, 0.25) is 5.91 Å². The van der Waals surface area contributed by atoms with E-state index in [1.54, 1.807) is 0 Å². The number of hydrogen-bond acceptors (Lipinski definition) is 4. The number of nitrogens with zero attached hydrogens (tertiary/aromatic N) is 2. The molecule has 0 radical (unpaired) electrons. The number of anilines is 1. The first kappa shape index (κ1) is 20.5. The van der Waals surface area contributed by atoms with E-state index in [1.165, 1.54) is 11.3 Å². The summed E-state index contributed by atoms with van der Waals surface area (Å²) in [6, 6.07) is 13.7. The Hall–Kier alpha value is -2.73. The number of nitrogens with one attached hydrogen (secondary N) is 1. The van der Waals surface area contributed by atoms with E-state index < -0.39 is 0 Å². The maximum Gasteiger partial charge on any atom is 0.254 e. The third-order valence-corrected chi connectivity index (χ3v) is 6.36. The molecule has 1 fully saturated rings. The van der Waals surface area contributed by atoms with E-state index in [1.807, 2.05) is 52.7 Å². The van der Waals surface area contributed by atoms with Crippen molar-refractivity contribution in [2.24, 2.45) is 5.92 Å². The number of benzene rings is 2. The summed E-state index contributed by atoms with van der Waals surface area (Å²) in [6.07, 6.45) is 1.60. The molecule has 1 aromatic heterocycles. The van der Waals surface area contributed by atoms with E-state index in [4.69, 9.17) is 0 Å². The number of rotatable bonds is 3. The summed E-state index contributed by atoms with van der Waals surface area (Å²) in [4.78, 5) is 32.5. The van der Waals surface area contributed by atoms with Crippen LogP contribution in [0, 0.1) is 5.92 Å². The average molecular weight is 422 g/mol. The fourth-order valence-electron chi connectivity index (χ4n) is 3.84. The molecule has 1 unspecified atom stereocenters. The highest BCUT2D eigenvalue weighted by molar-refractivity contribution is 7.13. The molecule has 1 saturated heterocycles. The Balaban J connectivity index is 1.47. The lowest BCUT2D eigenvalue weighted by Gasteiger charge is -2.32. The summed E-state index contributed by atoms with van der Waals surface area (Å²) in [5, 5.41) is 7.59. The molecule has 0 spiro atoms. The maximum absolute atomic E-state index is 13.2. The number of piperidine rings is 1.